The van der Waals surface area contributed by atoms with E-state index >= 15 is 0 Å². The maximum Gasteiger partial charge on any atom is 0.325 e. The van der Waals surface area contributed by atoms with Crippen molar-refractivity contribution in [3.8, 4) is 0 Å². The summed E-state index contributed by atoms with van der Waals surface area (Å²) in [4.78, 5) is 63.9. The quantitative estimate of drug-likeness (QED) is 0.104. The molecule has 1 aliphatic carbocycles. The van der Waals surface area contributed by atoms with Crippen LogP contribution in [0.2, 0.25) is 0 Å². The Labute approximate surface area is 643 Å². The Morgan fingerprint density at radius 3 is 1.25 bits per heavy atom. The highest BCUT2D eigenvalue weighted by Gasteiger charge is 2.37. The predicted molar refractivity (Wildman–Crippen MR) is 461 cm³/mol. The van der Waals surface area contributed by atoms with Crippen LogP contribution in [-0.4, -0.2) is 125 Å². The molecule has 12 heteroatoms. The van der Waals surface area contributed by atoms with Crippen molar-refractivity contribution in [3.63, 3.8) is 0 Å². The lowest BCUT2D eigenvalue weighted by atomic mass is 9.95. The third kappa shape index (κ3) is 57.9. The average molecular weight is 1450 g/mol. The minimum atomic E-state index is -0.451. The molecule has 2 aromatic heterocycles. The predicted octanol–water partition coefficient (Wildman–Crippen LogP) is 24.2. The first kappa shape index (κ1) is 107. The number of rotatable bonds is 14. The molecule has 0 radical (unpaired) electrons. The van der Waals surface area contributed by atoms with E-state index in [1.165, 1.54) is 138 Å². The molecule has 3 aromatic carbocycles. The molecule has 4 aliphatic heterocycles. The minimum Gasteiger partial charge on any atom is -0.379 e. The van der Waals surface area contributed by atoms with E-state index < -0.39 is 5.69 Å². The van der Waals surface area contributed by atoms with Gasteiger partial charge in [-0.25, -0.2) is 4.79 Å². The van der Waals surface area contributed by atoms with Crippen molar-refractivity contribution >= 4 is 22.7 Å². The fourth-order valence-electron chi connectivity index (χ4n) is 11.4. The average Bonchev–Trinajstić information content (AvgIpc) is 1.63. The number of aromatic nitrogens is 3. The van der Waals surface area contributed by atoms with Gasteiger partial charge in [-0.2, -0.15) is 0 Å². The molecule has 0 unspecified atom stereocenters. The summed E-state index contributed by atoms with van der Waals surface area (Å²) in [5.74, 6) is 5.21. The largest absolute Gasteiger partial charge is 0.379 e. The number of imide groups is 1. The van der Waals surface area contributed by atoms with Crippen molar-refractivity contribution in [2.75, 3.05) is 78.7 Å². The first-order chi connectivity index (χ1) is 49.5. The third-order valence-corrected chi connectivity index (χ3v) is 15.2. The van der Waals surface area contributed by atoms with Crippen LogP contribution in [0.3, 0.4) is 0 Å². The zero-order valence-corrected chi connectivity index (χ0v) is 74.0. The van der Waals surface area contributed by atoms with Crippen LogP contribution < -0.4 is 11.2 Å². The van der Waals surface area contributed by atoms with Crippen LogP contribution in [-0.2, 0) is 24.0 Å². The number of fused-ring (bicyclic) bond motifs is 2. The van der Waals surface area contributed by atoms with E-state index in [0.29, 0.717) is 46.9 Å². The van der Waals surface area contributed by atoms with Gasteiger partial charge in [-0.15, -0.1) is 0 Å². The first-order valence-corrected chi connectivity index (χ1v) is 41.9. The molecular formula is C92H169N7O5. The summed E-state index contributed by atoms with van der Waals surface area (Å²) in [7, 11) is 0. The molecule has 12 nitrogen and oxygen atoms in total. The molecule has 104 heavy (non-hydrogen) atoms. The zero-order chi connectivity index (χ0) is 80.8. The number of likely N-dealkylation sites (tertiary alicyclic amines) is 2. The molecule has 5 aromatic rings. The number of carbonyl (C=O) groups is 2. The SMILES string of the molecule is CC.CC.CC.CC.CC.CC.CC.CC(C)(C)CN1C(=O)c2ccccc2C1=O.CC(C)(C)CN1CCCCC1.CC(C)CC1CC1.CC(C)CN1CCCCC1.CC(C)CN1CCOCC1.CC(C)Cc1c[nH]c(=O)[nH]c1=O.CC(C)Cc1ccc2ccccc2n1.CC(C)Cc1ccccc1. The van der Waals surface area contributed by atoms with Crippen LogP contribution in [0.4, 0.5) is 0 Å². The molecule has 3 saturated heterocycles. The highest BCUT2D eigenvalue weighted by Crippen LogP contribution is 2.35. The summed E-state index contributed by atoms with van der Waals surface area (Å²) < 4.78 is 5.24. The van der Waals surface area contributed by atoms with Crippen molar-refractivity contribution in [2.45, 2.75) is 299 Å². The third-order valence-electron chi connectivity index (χ3n) is 15.2. The van der Waals surface area contributed by atoms with Crippen LogP contribution in [0.5, 0.6) is 0 Å². The summed E-state index contributed by atoms with van der Waals surface area (Å²) in [5.41, 5.74) is 5.09. The highest BCUT2D eigenvalue weighted by atomic mass is 16.5. The number of morpholine rings is 1. The first-order valence-electron chi connectivity index (χ1n) is 41.9. The van der Waals surface area contributed by atoms with Crippen LogP contribution in [0.25, 0.3) is 10.9 Å². The lowest BCUT2D eigenvalue weighted by molar-refractivity contribution is 0.0328. The topological polar surface area (TPSA) is 135 Å². The van der Waals surface area contributed by atoms with Crippen LogP contribution in [0, 0.1) is 52.3 Å². The van der Waals surface area contributed by atoms with Gasteiger partial charge in [0.2, 0.25) is 0 Å². The van der Waals surface area contributed by atoms with Crippen molar-refractivity contribution in [3.05, 3.63) is 146 Å². The Morgan fingerprint density at radius 1 is 0.442 bits per heavy atom. The van der Waals surface area contributed by atoms with Crippen molar-refractivity contribution in [2.24, 2.45) is 52.3 Å². The smallest absolute Gasteiger partial charge is 0.325 e. The van der Waals surface area contributed by atoms with Gasteiger partial charge in [0.25, 0.3) is 17.4 Å². The number of ether oxygens (including phenoxy) is 1. The molecule has 1 saturated carbocycles. The number of amides is 2. The van der Waals surface area contributed by atoms with E-state index in [-0.39, 0.29) is 22.8 Å². The summed E-state index contributed by atoms with van der Waals surface area (Å²) in [5, 5.41) is 1.22. The number of nitrogens with one attached hydrogen (secondary N) is 2. The molecule has 602 valence electrons. The van der Waals surface area contributed by atoms with Gasteiger partial charge in [0, 0.05) is 62.1 Å². The van der Waals surface area contributed by atoms with Gasteiger partial charge in [-0.3, -0.25) is 34.2 Å². The summed E-state index contributed by atoms with van der Waals surface area (Å²) >= 11 is 0. The Kier molecular flexibility index (Phi) is 69.3. The van der Waals surface area contributed by atoms with Crippen molar-refractivity contribution in [1.82, 2.24) is 34.6 Å². The molecule has 6 heterocycles. The van der Waals surface area contributed by atoms with Crippen molar-refractivity contribution < 1.29 is 14.3 Å². The monoisotopic (exact) mass is 1450 g/mol. The van der Waals surface area contributed by atoms with E-state index in [2.05, 4.69) is 174 Å². The lowest BCUT2D eigenvalue weighted by Crippen LogP contribution is -2.38. The normalized spacial score (nSPS) is 14.5. The van der Waals surface area contributed by atoms with Gasteiger partial charge >= 0.3 is 5.69 Å². The maximum absolute atomic E-state index is 12.0. The number of aromatic amines is 2. The van der Waals surface area contributed by atoms with Gasteiger partial charge in [0.05, 0.1) is 29.9 Å². The molecule has 0 atom stereocenters. The second-order valence-electron chi connectivity index (χ2n) is 30.7. The molecule has 0 spiro atoms. The number of carbonyl (C=O) groups excluding carboxylic acids is 2. The summed E-state index contributed by atoms with van der Waals surface area (Å²) in [6.45, 7) is 81.4. The number of nitrogens with zero attached hydrogens (tertiary/aromatic N) is 5. The van der Waals surface area contributed by atoms with E-state index in [4.69, 9.17) is 4.74 Å². The van der Waals surface area contributed by atoms with Gasteiger partial charge in [0.1, 0.15) is 0 Å². The molecular weight excluding hydrogens is 1280 g/mol. The van der Waals surface area contributed by atoms with Crippen LogP contribution in [0.15, 0.2) is 107 Å². The van der Waals surface area contributed by atoms with E-state index in [9.17, 15) is 19.2 Å². The maximum atomic E-state index is 12.0. The number of H-pyrrole nitrogens is 2. The number of para-hydroxylation sites is 1. The van der Waals surface area contributed by atoms with Gasteiger partial charge in [-0.1, -0.05) is 314 Å². The molecule has 5 aliphatic rings. The highest BCUT2D eigenvalue weighted by molar-refractivity contribution is 6.21. The number of benzene rings is 3. The second kappa shape index (κ2) is 67.1. The summed E-state index contributed by atoms with van der Waals surface area (Å²) in [6.07, 6.45) is 17.5. The number of piperidine rings is 2. The molecule has 10 rings (SSSR count). The Bertz CT molecular complexity index is 2780. The molecule has 2 N–H and O–H groups in total. The zero-order valence-electron chi connectivity index (χ0n) is 74.0. The van der Waals surface area contributed by atoms with Gasteiger partial charge in [0.15, 0.2) is 0 Å². The minimum absolute atomic E-state index is 0.0760. The lowest BCUT2D eigenvalue weighted by Gasteiger charge is -2.32. The second-order valence-corrected chi connectivity index (χ2v) is 30.7. The Balaban J connectivity index is -0.000000353. The molecule has 2 amide bonds. The molecule has 0 bridgehead atoms. The van der Waals surface area contributed by atoms with E-state index in [1.54, 1.807) is 24.3 Å². The number of hydrogen-bond acceptors (Lipinski definition) is 9. The Morgan fingerprint density at radius 2 is 0.856 bits per heavy atom. The number of pyridine rings is 1. The van der Waals surface area contributed by atoms with Crippen molar-refractivity contribution in [1.29, 1.82) is 0 Å². The van der Waals surface area contributed by atoms with Gasteiger partial charge < -0.3 is 19.5 Å². The Hall–Kier alpha value is -5.27. The van der Waals surface area contributed by atoms with E-state index in [0.717, 1.165) is 67.8 Å². The fourth-order valence-corrected chi connectivity index (χ4v) is 11.4. The fraction of sp³-hybridized carbons (Fsp3) is 0.707. The van der Waals surface area contributed by atoms with Crippen LogP contribution >= 0.6 is 0 Å². The molecule has 4 fully saturated rings. The standard InChI is InChI=1S/C13H15NO2.C13H15N.C10H21N.C10H14.C9H19N.C8H12N2O2.C8H17NO.C7H14.7C2H6/c1-13(2,3)8-14-11(15)9-6-4-5-7-10(9)12(14)16;1-10(2)9-12-8-7-11-5-3-4-6-13(11)14-12;1-10(2,3)9-11-7-5-4-6-8-11;2*1-9(2)8-10-6-4-3-5-7-10;1-5(2)3-6-4-9-8(12)10-7(6)11;1-8(2)7-9-3-5-10-6-4-9;1-6(2)5-7-3-4-7;7*1-2/h4-7H,8H2,1-3H3;3-8,10H,9H2,1-2H3;4-9H2,1-3H3;3-7,9H,8H2,1-2H3;9H,3-8H2,1-2H3;4-5H,3H2,1-2H3,(H2,9,10,11,12);8H,3-7H2,1-2H3;6-7H,3-5H2,1-2H3;7*1-2H3. The van der Waals surface area contributed by atoms with E-state index in [1.807, 2.05) is 144 Å². The summed E-state index contributed by atoms with van der Waals surface area (Å²) in [6, 6.07) is 30.1. The van der Waals surface area contributed by atoms with Crippen LogP contribution in [0.1, 0.15) is 317 Å². The van der Waals surface area contributed by atoms with Gasteiger partial charge in [-0.05, 0) is 160 Å². The number of hydrogen-bond donors (Lipinski definition) is 2.